The molecule has 0 atom stereocenters. The first kappa shape index (κ1) is 13.9. The minimum atomic E-state index is -0.225. The van der Waals surface area contributed by atoms with E-state index in [9.17, 15) is 9.90 Å². The highest BCUT2D eigenvalue weighted by Gasteiger charge is 2.28. The van der Waals surface area contributed by atoms with Crippen LogP contribution in [-0.2, 0) is 6.61 Å². The van der Waals surface area contributed by atoms with E-state index in [2.05, 4.69) is 0 Å². The SMILES string of the molecule is COc1ccc(C)cc1-c1ccc(CO)c(=O)n1C1CC1. The molecule has 1 aromatic heterocycles. The van der Waals surface area contributed by atoms with Gasteiger partial charge in [-0.1, -0.05) is 11.6 Å². The Morgan fingerprint density at radius 1 is 1.29 bits per heavy atom. The Hall–Kier alpha value is -2.07. The summed E-state index contributed by atoms with van der Waals surface area (Å²) in [7, 11) is 1.63. The van der Waals surface area contributed by atoms with Gasteiger partial charge in [0.1, 0.15) is 5.75 Å². The maximum atomic E-state index is 12.5. The van der Waals surface area contributed by atoms with Crippen molar-refractivity contribution in [2.75, 3.05) is 7.11 Å². The lowest BCUT2D eigenvalue weighted by Crippen LogP contribution is -2.24. The summed E-state index contributed by atoms with van der Waals surface area (Å²) in [6, 6.07) is 9.80. The van der Waals surface area contributed by atoms with Gasteiger partial charge in [-0.25, -0.2) is 0 Å². The molecule has 1 aliphatic rings. The maximum Gasteiger partial charge on any atom is 0.256 e. The fourth-order valence-corrected chi connectivity index (χ4v) is 2.65. The number of aliphatic hydroxyl groups excluding tert-OH is 1. The molecule has 4 nitrogen and oxygen atoms in total. The Morgan fingerprint density at radius 2 is 2.05 bits per heavy atom. The largest absolute Gasteiger partial charge is 0.496 e. The number of nitrogens with zero attached hydrogens (tertiary/aromatic N) is 1. The highest BCUT2D eigenvalue weighted by Crippen LogP contribution is 2.39. The summed E-state index contributed by atoms with van der Waals surface area (Å²) >= 11 is 0. The topological polar surface area (TPSA) is 51.5 Å². The van der Waals surface area contributed by atoms with Crippen LogP contribution in [0.4, 0.5) is 0 Å². The normalized spacial score (nSPS) is 14.2. The highest BCUT2D eigenvalue weighted by molar-refractivity contribution is 5.69. The minimum Gasteiger partial charge on any atom is -0.496 e. The van der Waals surface area contributed by atoms with Crippen molar-refractivity contribution in [3.05, 3.63) is 51.8 Å². The molecule has 3 rings (SSSR count). The predicted octanol–water partition coefficient (Wildman–Crippen LogP) is 2.66. The van der Waals surface area contributed by atoms with E-state index in [1.54, 1.807) is 13.2 Å². The van der Waals surface area contributed by atoms with Crippen LogP contribution in [0.15, 0.2) is 35.1 Å². The summed E-state index contributed by atoms with van der Waals surface area (Å²) in [5, 5.41) is 9.31. The molecule has 0 amide bonds. The van der Waals surface area contributed by atoms with Gasteiger partial charge in [-0.2, -0.15) is 0 Å². The third-order valence-electron chi connectivity index (χ3n) is 3.91. The predicted molar refractivity (Wildman–Crippen MR) is 81.6 cm³/mol. The molecular formula is C17H19NO3. The number of pyridine rings is 1. The van der Waals surface area contributed by atoms with Crippen molar-refractivity contribution in [3.63, 3.8) is 0 Å². The number of hydrogen-bond donors (Lipinski definition) is 1. The van der Waals surface area contributed by atoms with Crippen LogP contribution in [0.1, 0.15) is 30.0 Å². The van der Waals surface area contributed by atoms with Crippen molar-refractivity contribution >= 4 is 0 Å². The lowest BCUT2D eigenvalue weighted by Gasteiger charge is -2.16. The molecule has 0 unspecified atom stereocenters. The number of aryl methyl sites for hydroxylation is 1. The first-order valence-corrected chi connectivity index (χ1v) is 7.16. The van der Waals surface area contributed by atoms with E-state index in [0.29, 0.717) is 5.56 Å². The van der Waals surface area contributed by atoms with E-state index in [-0.39, 0.29) is 18.2 Å². The first-order chi connectivity index (χ1) is 10.2. The van der Waals surface area contributed by atoms with Gasteiger partial charge in [-0.05, 0) is 44.0 Å². The van der Waals surface area contributed by atoms with Crippen molar-refractivity contribution in [2.24, 2.45) is 0 Å². The van der Waals surface area contributed by atoms with E-state index in [1.165, 1.54) is 0 Å². The van der Waals surface area contributed by atoms with Gasteiger partial charge in [0.15, 0.2) is 0 Å². The van der Waals surface area contributed by atoms with Gasteiger partial charge in [0.25, 0.3) is 5.56 Å². The number of methoxy groups -OCH3 is 1. The van der Waals surface area contributed by atoms with Crippen molar-refractivity contribution in [1.82, 2.24) is 4.57 Å². The number of hydrogen-bond acceptors (Lipinski definition) is 3. The van der Waals surface area contributed by atoms with Crippen LogP contribution >= 0.6 is 0 Å². The molecule has 110 valence electrons. The fraction of sp³-hybridized carbons (Fsp3) is 0.353. The Bertz CT molecular complexity index is 729. The highest BCUT2D eigenvalue weighted by atomic mass is 16.5. The van der Waals surface area contributed by atoms with Crippen LogP contribution in [-0.4, -0.2) is 16.8 Å². The third-order valence-corrected chi connectivity index (χ3v) is 3.91. The van der Waals surface area contributed by atoms with Crippen LogP contribution in [0.2, 0.25) is 0 Å². The van der Waals surface area contributed by atoms with Gasteiger partial charge in [-0.3, -0.25) is 4.79 Å². The zero-order valence-electron chi connectivity index (χ0n) is 12.3. The van der Waals surface area contributed by atoms with Crippen molar-refractivity contribution in [1.29, 1.82) is 0 Å². The van der Waals surface area contributed by atoms with Crippen molar-refractivity contribution < 1.29 is 9.84 Å². The molecule has 21 heavy (non-hydrogen) atoms. The summed E-state index contributed by atoms with van der Waals surface area (Å²) in [5.74, 6) is 0.756. The number of aromatic nitrogens is 1. The standard InChI is InChI=1S/C17H19NO3/c1-11-3-8-16(21-2)14(9-11)15-7-4-12(10-19)17(20)18(15)13-5-6-13/h3-4,7-9,13,19H,5-6,10H2,1-2H3. The molecule has 4 heteroatoms. The van der Waals surface area contributed by atoms with E-state index in [1.807, 2.05) is 35.8 Å². The molecule has 0 bridgehead atoms. The summed E-state index contributed by atoms with van der Waals surface area (Å²) in [6.45, 7) is 1.79. The molecule has 1 heterocycles. The second kappa shape index (κ2) is 5.37. The monoisotopic (exact) mass is 285 g/mol. The average Bonchev–Trinajstić information content (AvgIpc) is 3.31. The van der Waals surface area contributed by atoms with Crippen LogP contribution in [0.25, 0.3) is 11.3 Å². The molecule has 0 spiro atoms. The zero-order valence-corrected chi connectivity index (χ0v) is 12.3. The van der Waals surface area contributed by atoms with Crippen LogP contribution < -0.4 is 10.3 Å². The zero-order chi connectivity index (χ0) is 15.0. The number of rotatable bonds is 4. The van der Waals surface area contributed by atoms with E-state index in [4.69, 9.17) is 4.74 Å². The second-order valence-corrected chi connectivity index (χ2v) is 5.51. The van der Waals surface area contributed by atoms with Crippen molar-refractivity contribution in [2.45, 2.75) is 32.4 Å². The second-order valence-electron chi connectivity index (χ2n) is 5.51. The van der Waals surface area contributed by atoms with E-state index in [0.717, 1.165) is 35.4 Å². The third kappa shape index (κ3) is 2.47. The lowest BCUT2D eigenvalue weighted by atomic mass is 10.1. The summed E-state index contributed by atoms with van der Waals surface area (Å²) in [5.41, 5.74) is 3.25. The van der Waals surface area contributed by atoms with Gasteiger partial charge >= 0.3 is 0 Å². The summed E-state index contributed by atoms with van der Waals surface area (Å²) < 4.78 is 7.25. The van der Waals surface area contributed by atoms with Gasteiger partial charge in [0.2, 0.25) is 0 Å². The molecule has 2 aromatic rings. The van der Waals surface area contributed by atoms with Crippen LogP contribution in [0.3, 0.4) is 0 Å². The van der Waals surface area contributed by atoms with E-state index >= 15 is 0 Å². The molecule has 1 aromatic carbocycles. The molecule has 0 radical (unpaired) electrons. The Labute approximate surface area is 123 Å². The smallest absolute Gasteiger partial charge is 0.256 e. The molecule has 1 fully saturated rings. The number of aliphatic hydroxyl groups is 1. The number of ether oxygens (including phenoxy) is 1. The van der Waals surface area contributed by atoms with Gasteiger partial charge < -0.3 is 14.4 Å². The van der Waals surface area contributed by atoms with Gasteiger partial charge in [0, 0.05) is 17.2 Å². The van der Waals surface area contributed by atoms with E-state index < -0.39 is 0 Å². The Morgan fingerprint density at radius 3 is 2.67 bits per heavy atom. The lowest BCUT2D eigenvalue weighted by molar-refractivity contribution is 0.279. The van der Waals surface area contributed by atoms with Crippen LogP contribution in [0.5, 0.6) is 5.75 Å². The molecular weight excluding hydrogens is 266 g/mol. The molecule has 1 saturated carbocycles. The summed E-state index contributed by atoms with van der Waals surface area (Å²) in [6.07, 6.45) is 2.02. The van der Waals surface area contributed by atoms with Crippen LogP contribution in [0, 0.1) is 6.92 Å². The number of benzene rings is 1. The first-order valence-electron chi connectivity index (χ1n) is 7.16. The minimum absolute atomic E-state index is 0.0962. The quantitative estimate of drug-likeness (QED) is 0.939. The molecule has 1 aliphatic carbocycles. The molecule has 1 N–H and O–H groups in total. The molecule has 0 aliphatic heterocycles. The molecule has 0 saturated heterocycles. The maximum absolute atomic E-state index is 12.5. The fourth-order valence-electron chi connectivity index (χ4n) is 2.65. The average molecular weight is 285 g/mol. The van der Waals surface area contributed by atoms with Gasteiger partial charge in [0.05, 0.1) is 19.4 Å². The Kier molecular flexibility index (Phi) is 3.55. The van der Waals surface area contributed by atoms with Crippen molar-refractivity contribution in [3.8, 4) is 17.0 Å². The van der Waals surface area contributed by atoms with Gasteiger partial charge in [-0.15, -0.1) is 0 Å². The summed E-state index contributed by atoms with van der Waals surface area (Å²) in [4.78, 5) is 12.5. The Balaban J connectivity index is 2.26.